The molecule has 5 heterocycles. The van der Waals surface area contributed by atoms with Crippen LogP contribution in [0.25, 0.3) is 0 Å². The minimum Gasteiger partial charge on any atom is -0.378 e. The quantitative estimate of drug-likeness (QED) is 0.791. The average Bonchev–Trinajstić information content (AvgIpc) is 2.80. The molecule has 0 unspecified atom stereocenters. The van der Waals surface area contributed by atoms with Crippen LogP contribution < -0.4 is 15.5 Å². The number of morpholine rings is 1. The number of aromatic nitrogens is 1. The summed E-state index contributed by atoms with van der Waals surface area (Å²) in [5, 5.41) is 6.87. The molecule has 0 radical (unpaired) electrons. The Balaban J connectivity index is 1.21. The Labute approximate surface area is 173 Å². The fourth-order valence-electron chi connectivity index (χ4n) is 5.85. The van der Waals surface area contributed by atoms with E-state index in [1.54, 1.807) is 6.20 Å². The number of pyridine rings is 1. The number of carbonyl (C=O) groups is 1. The van der Waals surface area contributed by atoms with Gasteiger partial charge in [0.2, 0.25) is 0 Å². The van der Waals surface area contributed by atoms with E-state index in [2.05, 4.69) is 25.4 Å². The van der Waals surface area contributed by atoms with Gasteiger partial charge in [0.1, 0.15) is 5.82 Å². The van der Waals surface area contributed by atoms with Crippen molar-refractivity contribution in [1.29, 1.82) is 0 Å². The first kappa shape index (κ1) is 19.3. The van der Waals surface area contributed by atoms with Gasteiger partial charge in [0, 0.05) is 37.9 Å². The predicted molar refractivity (Wildman–Crippen MR) is 112 cm³/mol. The molecule has 0 aliphatic carbocycles. The fraction of sp³-hybridized carbons (Fsp3) is 0.727. The summed E-state index contributed by atoms with van der Waals surface area (Å²) in [7, 11) is 0. The first-order valence-electron chi connectivity index (χ1n) is 11.3. The van der Waals surface area contributed by atoms with E-state index in [1.165, 1.54) is 32.2 Å². The van der Waals surface area contributed by atoms with Crippen molar-refractivity contribution < 1.29 is 9.53 Å². The van der Waals surface area contributed by atoms with E-state index in [1.807, 2.05) is 12.1 Å². The molecule has 7 nitrogen and oxygen atoms in total. The van der Waals surface area contributed by atoms with Crippen molar-refractivity contribution in [3.8, 4) is 0 Å². The molecule has 4 atom stereocenters. The first-order chi connectivity index (χ1) is 14.3. The largest absolute Gasteiger partial charge is 0.378 e. The van der Waals surface area contributed by atoms with Crippen molar-refractivity contribution >= 4 is 11.7 Å². The van der Waals surface area contributed by atoms with E-state index in [0.717, 1.165) is 57.7 Å². The molecule has 0 aromatic carbocycles. The molecule has 4 saturated heterocycles. The Morgan fingerprint density at radius 2 is 2.03 bits per heavy atom. The molecule has 4 aliphatic rings. The lowest BCUT2D eigenvalue weighted by atomic mass is 9.73. The fourth-order valence-corrected chi connectivity index (χ4v) is 5.85. The summed E-state index contributed by atoms with van der Waals surface area (Å²) in [6.07, 6.45) is 6.98. The molecule has 1 aromatic heterocycles. The second kappa shape index (κ2) is 8.58. The van der Waals surface area contributed by atoms with Gasteiger partial charge in [-0.15, -0.1) is 0 Å². The number of piperidine rings is 3. The van der Waals surface area contributed by atoms with Crippen molar-refractivity contribution in [1.82, 2.24) is 20.5 Å². The smallest absolute Gasteiger partial charge is 0.252 e. The number of nitrogens with zero attached hydrogens (tertiary/aromatic N) is 3. The molecule has 0 saturated carbocycles. The van der Waals surface area contributed by atoms with Gasteiger partial charge >= 0.3 is 0 Å². The average molecular weight is 400 g/mol. The van der Waals surface area contributed by atoms with E-state index >= 15 is 0 Å². The summed E-state index contributed by atoms with van der Waals surface area (Å²) in [5.41, 5.74) is 0.646. The van der Waals surface area contributed by atoms with Gasteiger partial charge in [-0.05, 0) is 62.9 Å². The monoisotopic (exact) mass is 399 g/mol. The molecule has 29 heavy (non-hydrogen) atoms. The molecule has 4 fully saturated rings. The van der Waals surface area contributed by atoms with Gasteiger partial charge in [-0.25, -0.2) is 4.98 Å². The maximum absolute atomic E-state index is 12.8. The van der Waals surface area contributed by atoms with Gasteiger partial charge in [-0.2, -0.15) is 0 Å². The van der Waals surface area contributed by atoms with Crippen LogP contribution in [0, 0.1) is 11.8 Å². The summed E-state index contributed by atoms with van der Waals surface area (Å²) < 4.78 is 5.40. The van der Waals surface area contributed by atoms with Crippen molar-refractivity contribution in [2.45, 2.75) is 37.8 Å². The third-order valence-corrected chi connectivity index (χ3v) is 7.34. The van der Waals surface area contributed by atoms with E-state index in [0.29, 0.717) is 23.6 Å². The Morgan fingerprint density at radius 1 is 1.17 bits per heavy atom. The van der Waals surface area contributed by atoms with Gasteiger partial charge in [-0.3, -0.25) is 9.69 Å². The highest BCUT2D eigenvalue weighted by molar-refractivity contribution is 5.94. The molecule has 158 valence electrons. The highest BCUT2D eigenvalue weighted by Gasteiger charge is 2.45. The minimum atomic E-state index is -0.00882. The van der Waals surface area contributed by atoms with Crippen molar-refractivity contribution in [2.75, 3.05) is 57.4 Å². The summed E-state index contributed by atoms with van der Waals surface area (Å²) in [6.45, 7) is 7.35. The Kier molecular flexibility index (Phi) is 5.70. The van der Waals surface area contributed by atoms with Crippen LogP contribution in [0.15, 0.2) is 18.3 Å². The zero-order valence-corrected chi connectivity index (χ0v) is 17.2. The highest BCUT2D eigenvalue weighted by atomic mass is 16.5. The zero-order valence-electron chi connectivity index (χ0n) is 17.2. The van der Waals surface area contributed by atoms with Gasteiger partial charge in [-0.1, -0.05) is 6.42 Å². The molecule has 5 rings (SSSR count). The minimum absolute atomic E-state index is 0.00882. The van der Waals surface area contributed by atoms with Gasteiger partial charge in [0.15, 0.2) is 0 Å². The number of amides is 1. The van der Waals surface area contributed by atoms with Crippen LogP contribution >= 0.6 is 0 Å². The normalized spacial score (nSPS) is 32.5. The first-order valence-corrected chi connectivity index (χ1v) is 11.3. The van der Waals surface area contributed by atoms with Crippen LogP contribution in [0.5, 0.6) is 0 Å². The number of fused-ring (bicyclic) bond motifs is 4. The summed E-state index contributed by atoms with van der Waals surface area (Å²) in [4.78, 5) is 22.2. The third kappa shape index (κ3) is 4.00. The standard InChI is InChI=1S/C22H33N5O2/c28-22(16-4-5-21(24-14-16)26-7-9-29-10-8-26)25-15-20-18-11-17(12-23-13-18)19-3-1-2-6-27(19)20/h4-5,14,17-20,23H,1-3,6-13,15H2,(H,25,28)/t17-,18+,19+,20+/m1/s1. The lowest BCUT2D eigenvalue weighted by molar-refractivity contribution is -0.0371. The lowest BCUT2D eigenvalue weighted by Crippen LogP contribution is -2.65. The van der Waals surface area contributed by atoms with E-state index in [9.17, 15) is 4.79 Å². The Hall–Kier alpha value is -1.70. The molecular formula is C22H33N5O2. The van der Waals surface area contributed by atoms with E-state index in [-0.39, 0.29) is 5.91 Å². The third-order valence-electron chi connectivity index (χ3n) is 7.34. The number of nitrogens with one attached hydrogen (secondary N) is 2. The molecule has 7 heteroatoms. The lowest BCUT2D eigenvalue weighted by Gasteiger charge is -2.55. The van der Waals surface area contributed by atoms with Gasteiger partial charge in [0.05, 0.1) is 18.8 Å². The Bertz CT molecular complexity index is 706. The Morgan fingerprint density at radius 3 is 2.86 bits per heavy atom. The molecule has 2 bridgehead atoms. The van der Waals surface area contributed by atoms with Crippen LogP contribution in [0.3, 0.4) is 0 Å². The van der Waals surface area contributed by atoms with Crippen molar-refractivity contribution in [3.05, 3.63) is 23.9 Å². The molecule has 1 aromatic rings. The SMILES string of the molecule is O=C(NC[C@H]1[C@@H]2CNC[C@@H](C2)[C@@H]2CCCCN21)c1ccc(N2CCOCC2)nc1. The number of anilines is 1. The van der Waals surface area contributed by atoms with E-state index in [4.69, 9.17) is 4.74 Å². The summed E-state index contributed by atoms with van der Waals surface area (Å²) in [5.74, 6) is 2.35. The number of hydrogen-bond acceptors (Lipinski definition) is 6. The second-order valence-electron chi connectivity index (χ2n) is 9.00. The number of carbonyl (C=O) groups excluding carboxylic acids is 1. The second-order valence-corrected chi connectivity index (χ2v) is 9.00. The molecule has 0 spiro atoms. The van der Waals surface area contributed by atoms with Crippen LogP contribution in [-0.2, 0) is 4.74 Å². The van der Waals surface area contributed by atoms with Gasteiger partial charge < -0.3 is 20.3 Å². The molecule has 2 N–H and O–H groups in total. The molecule has 1 amide bonds. The van der Waals surface area contributed by atoms with Crippen LogP contribution in [-0.4, -0.2) is 80.4 Å². The molecular weight excluding hydrogens is 366 g/mol. The zero-order chi connectivity index (χ0) is 19.6. The van der Waals surface area contributed by atoms with Crippen LogP contribution in [0.2, 0.25) is 0 Å². The van der Waals surface area contributed by atoms with Crippen LogP contribution in [0.4, 0.5) is 5.82 Å². The maximum Gasteiger partial charge on any atom is 0.252 e. The summed E-state index contributed by atoms with van der Waals surface area (Å²) in [6, 6.07) is 5.01. The number of hydrogen-bond donors (Lipinski definition) is 2. The van der Waals surface area contributed by atoms with Crippen LogP contribution in [0.1, 0.15) is 36.0 Å². The van der Waals surface area contributed by atoms with Gasteiger partial charge in [0.25, 0.3) is 5.91 Å². The maximum atomic E-state index is 12.8. The van der Waals surface area contributed by atoms with Crippen molar-refractivity contribution in [2.24, 2.45) is 11.8 Å². The number of rotatable bonds is 4. The summed E-state index contributed by atoms with van der Waals surface area (Å²) >= 11 is 0. The topological polar surface area (TPSA) is 69.7 Å². The predicted octanol–water partition coefficient (Wildman–Crippen LogP) is 1.11. The number of ether oxygens (including phenoxy) is 1. The van der Waals surface area contributed by atoms with Crippen molar-refractivity contribution in [3.63, 3.8) is 0 Å². The highest BCUT2D eigenvalue weighted by Crippen LogP contribution is 2.38. The van der Waals surface area contributed by atoms with E-state index < -0.39 is 0 Å². The molecule has 4 aliphatic heterocycles.